The number of rotatable bonds is 4. The highest BCUT2D eigenvalue weighted by Gasteiger charge is 2.11. The number of carbonyl (C=O) groups is 1. The van der Waals surface area contributed by atoms with Crippen LogP contribution in [0.1, 0.15) is 6.42 Å². The first-order valence-corrected chi connectivity index (χ1v) is 4.48. The van der Waals surface area contributed by atoms with E-state index in [-0.39, 0.29) is 29.5 Å². The number of anilines is 1. The van der Waals surface area contributed by atoms with Gasteiger partial charge >= 0.3 is 5.97 Å². The third-order valence-electron chi connectivity index (χ3n) is 1.64. The first kappa shape index (κ1) is 11.6. The summed E-state index contributed by atoms with van der Waals surface area (Å²) in [5.41, 5.74) is 5.66. The van der Waals surface area contributed by atoms with Crippen LogP contribution in [-0.2, 0) is 4.79 Å². The van der Waals surface area contributed by atoms with Gasteiger partial charge < -0.3 is 15.6 Å². The summed E-state index contributed by atoms with van der Waals surface area (Å²) in [4.78, 5) is 10.2. The molecule has 0 spiro atoms. The predicted molar refractivity (Wildman–Crippen MR) is 53.6 cm³/mol. The number of benzene rings is 1. The van der Waals surface area contributed by atoms with Crippen molar-refractivity contribution in [2.75, 3.05) is 12.3 Å². The second-order valence-electron chi connectivity index (χ2n) is 2.77. The van der Waals surface area contributed by atoms with Gasteiger partial charge in [0.1, 0.15) is 10.8 Å². The van der Waals surface area contributed by atoms with E-state index in [1.807, 2.05) is 0 Å². The van der Waals surface area contributed by atoms with Gasteiger partial charge in [-0.25, -0.2) is 4.39 Å². The van der Waals surface area contributed by atoms with Crippen LogP contribution in [0.5, 0.6) is 5.75 Å². The van der Waals surface area contributed by atoms with Gasteiger partial charge in [0.05, 0.1) is 18.7 Å². The molecular weight excluding hydrogens is 225 g/mol. The zero-order valence-electron chi connectivity index (χ0n) is 7.67. The number of carboxylic acid groups (broad SMARTS) is 1. The fraction of sp³-hybridized carbons (Fsp3) is 0.222. The average molecular weight is 234 g/mol. The van der Waals surface area contributed by atoms with Crippen LogP contribution in [-0.4, -0.2) is 17.7 Å². The lowest BCUT2D eigenvalue weighted by Gasteiger charge is -2.09. The molecule has 0 amide bonds. The molecule has 82 valence electrons. The van der Waals surface area contributed by atoms with Crippen molar-refractivity contribution in [3.05, 3.63) is 23.0 Å². The summed E-state index contributed by atoms with van der Waals surface area (Å²) < 4.78 is 17.9. The molecule has 15 heavy (non-hydrogen) atoms. The normalized spacial score (nSPS) is 10.0. The molecule has 0 bridgehead atoms. The number of hydrogen-bond acceptors (Lipinski definition) is 3. The van der Waals surface area contributed by atoms with Crippen molar-refractivity contribution >= 4 is 23.3 Å². The van der Waals surface area contributed by atoms with E-state index in [0.29, 0.717) is 0 Å². The number of nitrogen functional groups attached to an aromatic ring is 1. The van der Waals surface area contributed by atoms with Gasteiger partial charge in [0.2, 0.25) is 0 Å². The molecule has 0 aliphatic heterocycles. The molecule has 1 rings (SSSR count). The van der Waals surface area contributed by atoms with Gasteiger partial charge in [0.15, 0.2) is 5.75 Å². The highest BCUT2D eigenvalue weighted by molar-refractivity contribution is 6.32. The molecule has 1 aromatic rings. The second-order valence-corrected chi connectivity index (χ2v) is 3.15. The molecule has 0 saturated heterocycles. The molecule has 0 aromatic heterocycles. The fourth-order valence-electron chi connectivity index (χ4n) is 0.934. The minimum Gasteiger partial charge on any atom is -0.489 e. The molecule has 0 aliphatic carbocycles. The van der Waals surface area contributed by atoms with Crippen molar-refractivity contribution in [1.82, 2.24) is 0 Å². The molecule has 0 fully saturated rings. The minimum absolute atomic E-state index is 0.0158. The maximum absolute atomic E-state index is 13.0. The molecule has 0 radical (unpaired) electrons. The number of aliphatic carboxylic acids is 1. The van der Waals surface area contributed by atoms with E-state index in [9.17, 15) is 9.18 Å². The van der Waals surface area contributed by atoms with Crippen LogP contribution in [0.15, 0.2) is 12.1 Å². The first-order chi connectivity index (χ1) is 7.02. The fourth-order valence-corrected chi connectivity index (χ4v) is 1.16. The summed E-state index contributed by atoms with van der Waals surface area (Å²) in [7, 11) is 0. The Kier molecular flexibility index (Phi) is 3.74. The molecule has 0 unspecified atom stereocenters. The Morgan fingerprint density at radius 1 is 1.60 bits per heavy atom. The Morgan fingerprint density at radius 3 is 2.87 bits per heavy atom. The molecule has 0 atom stereocenters. The SMILES string of the molecule is Nc1ccc(F)c(Cl)c1OCCC(=O)O. The highest BCUT2D eigenvalue weighted by Crippen LogP contribution is 2.33. The van der Waals surface area contributed by atoms with Gasteiger partial charge in [-0.3, -0.25) is 4.79 Å². The Labute approximate surface area is 90.4 Å². The van der Waals surface area contributed by atoms with Crippen LogP contribution in [0, 0.1) is 5.82 Å². The lowest BCUT2D eigenvalue weighted by atomic mass is 10.3. The van der Waals surface area contributed by atoms with Crippen molar-refractivity contribution in [2.24, 2.45) is 0 Å². The second kappa shape index (κ2) is 4.84. The van der Waals surface area contributed by atoms with Crippen molar-refractivity contribution in [3.63, 3.8) is 0 Å². The molecule has 6 heteroatoms. The van der Waals surface area contributed by atoms with E-state index < -0.39 is 11.8 Å². The summed E-state index contributed by atoms with van der Waals surface area (Å²) in [6, 6.07) is 2.42. The summed E-state index contributed by atoms with van der Waals surface area (Å²) in [6.45, 7) is -0.108. The largest absolute Gasteiger partial charge is 0.489 e. The molecule has 0 aliphatic rings. The average Bonchev–Trinajstić information content (AvgIpc) is 2.17. The zero-order valence-corrected chi connectivity index (χ0v) is 8.42. The summed E-state index contributed by atoms with van der Waals surface area (Å²) in [5, 5.41) is 8.13. The van der Waals surface area contributed by atoms with Crippen molar-refractivity contribution in [2.45, 2.75) is 6.42 Å². The predicted octanol–water partition coefficient (Wildman–Crippen LogP) is 1.91. The smallest absolute Gasteiger partial charge is 0.306 e. The maximum atomic E-state index is 13.0. The third-order valence-corrected chi connectivity index (χ3v) is 1.99. The molecule has 0 saturated carbocycles. The van der Waals surface area contributed by atoms with E-state index >= 15 is 0 Å². The van der Waals surface area contributed by atoms with Gasteiger partial charge in [-0.15, -0.1) is 0 Å². The topological polar surface area (TPSA) is 72.5 Å². The zero-order chi connectivity index (χ0) is 11.4. The van der Waals surface area contributed by atoms with E-state index in [4.69, 9.17) is 27.2 Å². The summed E-state index contributed by atoms with van der Waals surface area (Å²) in [6.07, 6.45) is -0.202. The van der Waals surface area contributed by atoms with Crippen LogP contribution in [0.25, 0.3) is 0 Å². The molecule has 4 nitrogen and oxygen atoms in total. The van der Waals surface area contributed by atoms with E-state index in [1.54, 1.807) is 0 Å². The number of halogens is 2. The van der Waals surface area contributed by atoms with Gasteiger partial charge in [0.25, 0.3) is 0 Å². The number of nitrogens with two attached hydrogens (primary N) is 1. The van der Waals surface area contributed by atoms with Gasteiger partial charge in [0, 0.05) is 0 Å². The Morgan fingerprint density at radius 2 is 2.27 bits per heavy atom. The number of hydrogen-bond donors (Lipinski definition) is 2. The van der Waals surface area contributed by atoms with Gasteiger partial charge in [-0.05, 0) is 12.1 Å². The van der Waals surface area contributed by atoms with Gasteiger partial charge in [-0.2, -0.15) is 0 Å². The van der Waals surface area contributed by atoms with Crippen molar-refractivity contribution in [1.29, 1.82) is 0 Å². The molecule has 1 aromatic carbocycles. The van der Waals surface area contributed by atoms with Crippen LogP contribution in [0.2, 0.25) is 5.02 Å². The molecule has 3 N–H and O–H groups in total. The highest BCUT2D eigenvalue weighted by atomic mass is 35.5. The standard InChI is InChI=1S/C9H9ClFNO3/c10-8-5(11)1-2-6(12)9(8)15-4-3-7(13)14/h1-2H,3-4,12H2,(H,13,14). The third kappa shape index (κ3) is 2.99. The van der Waals surface area contributed by atoms with Crippen LogP contribution >= 0.6 is 11.6 Å². The first-order valence-electron chi connectivity index (χ1n) is 4.10. The van der Waals surface area contributed by atoms with Crippen LogP contribution < -0.4 is 10.5 Å². The van der Waals surface area contributed by atoms with E-state index in [1.165, 1.54) is 6.07 Å². The van der Waals surface area contributed by atoms with E-state index in [0.717, 1.165) is 6.07 Å². The minimum atomic E-state index is -1.01. The lowest BCUT2D eigenvalue weighted by molar-refractivity contribution is -0.137. The van der Waals surface area contributed by atoms with E-state index in [2.05, 4.69) is 0 Å². The summed E-state index contributed by atoms with van der Waals surface area (Å²) >= 11 is 5.59. The lowest BCUT2D eigenvalue weighted by Crippen LogP contribution is -2.06. The van der Waals surface area contributed by atoms with Gasteiger partial charge in [-0.1, -0.05) is 11.6 Å². The Balaban J connectivity index is 2.75. The monoisotopic (exact) mass is 233 g/mol. The number of carboxylic acids is 1. The quantitative estimate of drug-likeness (QED) is 0.780. The van der Waals surface area contributed by atoms with Crippen LogP contribution in [0.3, 0.4) is 0 Å². The molecular formula is C9H9ClFNO3. The van der Waals surface area contributed by atoms with Crippen LogP contribution in [0.4, 0.5) is 10.1 Å². The molecule has 0 heterocycles. The maximum Gasteiger partial charge on any atom is 0.306 e. The summed E-state index contributed by atoms with van der Waals surface area (Å²) in [5.74, 6) is -1.68. The van der Waals surface area contributed by atoms with Crippen molar-refractivity contribution in [3.8, 4) is 5.75 Å². The Hall–Kier alpha value is -1.49. The number of ether oxygens (including phenoxy) is 1. The Bertz CT molecular complexity index is 384. The van der Waals surface area contributed by atoms with Crippen molar-refractivity contribution < 1.29 is 19.0 Å².